The van der Waals surface area contributed by atoms with Crippen LogP contribution in [0.25, 0.3) is 0 Å². The molecule has 0 aromatic rings. The van der Waals surface area contributed by atoms with Crippen LogP contribution in [0.4, 0.5) is 0 Å². The van der Waals surface area contributed by atoms with Crippen molar-refractivity contribution in [2.75, 3.05) is 6.54 Å². The predicted octanol–water partition coefficient (Wildman–Crippen LogP) is 2.08. The van der Waals surface area contributed by atoms with E-state index >= 15 is 0 Å². The monoisotopic (exact) mass is 268 g/mol. The number of carbonyl (C=O) groups excluding carboxylic acids is 2. The molecule has 2 atom stereocenters. The Morgan fingerprint density at radius 2 is 1.89 bits per heavy atom. The van der Waals surface area contributed by atoms with Crippen LogP contribution in [0, 0.1) is 23.7 Å². The van der Waals surface area contributed by atoms with Gasteiger partial charge in [0, 0.05) is 18.4 Å². The number of amides is 2. The average molecular weight is 268 g/mol. The summed E-state index contributed by atoms with van der Waals surface area (Å²) in [5.41, 5.74) is 5.53. The molecule has 1 rings (SSSR count). The lowest BCUT2D eigenvalue weighted by atomic mass is 9.81. The number of nitrogens with two attached hydrogens (primary N) is 1. The topological polar surface area (TPSA) is 72.2 Å². The minimum Gasteiger partial charge on any atom is -0.369 e. The van der Waals surface area contributed by atoms with Crippen LogP contribution in [0.15, 0.2) is 0 Å². The third-order valence-corrected chi connectivity index (χ3v) is 3.85. The van der Waals surface area contributed by atoms with E-state index in [1.54, 1.807) is 0 Å². The summed E-state index contributed by atoms with van der Waals surface area (Å²) in [7, 11) is 0. The number of hydrogen-bond donors (Lipinski definition) is 2. The van der Waals surface area contributed by atoms with Crippen molar-refractivity contribution in [1.82, 2.24) is 5.32 Å². The van der Waals surface area contributed by atoms with Crippen LogP contribution >= 0.6 is 0 Å². The molecule has 4 heteroatoms. The zero-order valence-electron chi connectivity index (χ0n) is 12.4. The Bertz CT molecular complexity index is 311. The third kappa shape index (κ3) is 5.62. The molecule has 0 aromatic heterocycles. The average Bonchev–Trinajstić information content (AvgIpc) is 3.11. The van der Waals surface area contributed by atoms with Gasteiger partial charge in [0.15, 0.2) is 0 Å². The van der Waals surface area contributed by atoms with Crippen LogP contribution in [0.1, 0.15) is 52.9 Å². The summed E-state index contributed by atoms with van der Waals surface area (Å²) in [4.78, 5) is 23.9. The van der Waals surface area contributed by atoms with Crippen LogP contribution in [-0.4, -0.2) is 18.4 Å². The van der Waals surface area contributed by atoms with Crippen molar-refractivity contribution in [2.45, 2.75) is 52.9 Å². The molecule has 19 heavy (non-hydrogen) atoms. The fourth-order valence-corrected chi connectivity index (χ4v) is 2.63. The van der Waals surface area contributed by atoms with Gasteiger partial charge in [0.1, 0.15) is 0 Å². The molecule has 1 fully saturated rings. The first kappa shape index (κ1) is 16.0. The first-order chi connectivity index (χ1) is 8.95. The van der Waals surface area contributed by atoms with E-state index < -0.39 is 0 Å². The van der Waals surface area contributed by atoms with Gasteiger partial charge in [0.2, 0.25) is 11.8 Å². The van der Waals surface area contributed by atoms with Crippen molar-refractivity contribution < 1.29 is 9.59 Å². The minimum atomic E-state index is -0.322. The zero-order chi connectivity index (χ0) is 14.4. The van der Waals surface area contributed by atoms with Gasteiger partial charge < -0.3 is 11.1 Å². The second-order valence-electron chi connectivity index (χ2n) is 6.16. The predicted molar refractivity (Wildman–Crippen MR) is 76.3 cm³/mol. The summed E-state index contributed by atoms with van der Waals surface area (Å²) >= 11 is 0. The Morgan fingerprint density at radius 3 is 2.32 bits per heavy atom. The molecule has 0 saturated heterocycles. The van der Waals surface area contributed by atoms with Crippen LogP contribution in [0.3, 0.4) is 0 Å². The van der Waals surface area contributed by atoms with Gasteiger partial charge in [-0.15, -0.1) is 0 Å². The van der Waals surface area contributed by atoms with Gasteiger partial charge in [-0.25, -0.2) is 0 Å². The summed E-state index contributed by atoms with van der Waals surface area (Å²) < 4.78 is 0. The van der Waals surface area contributed by atoms with Gasteiger partial charge in [-0.2, -0.15) is 0 Å². The fourth-order valence-electron chi connectivity index (χ4n) is 2.63. The summed E-state index contributed by atoms with van der Waals surface area (Å²) in [6, 6.07) is 0. The first-order valence-corrected chi connectivity index (χ1v) is 7.52. The maximum atomic E-state index is 12.2. The smallest absolute Gasteiger partial charge is 0.223 e. The Morgan fingerprint density at radius 1 is 1.26 bits per heavy atom. The highest BCUT2D eigenvalue weighted by atomic mass is 16.2. The van der Waals surface area contributed by atoms with Crippen molar-refractivity contribution in [1.29, 1.82) is 0 Å². The van der Waals surface area contributed by atoms with E-state index in [4.69, 9.17) is 5.73 Å². The number of primary amides is 1. The van der Waals surface area contributed by atoms with Gasteiger partial charge in [0.25, 0.3) is 0 Å². The van der Waals surface area contributed by atoms with Crippen LogP contribution in [0.2, 0.25) is 0 Å². The Kier molecular flexibility index (Phi) is 6.32. The molecule has 0 aromatic carbocycles. The lowest BCUT2D eigenvalue weighted by molar-refractivity contribution is -0.134. The van der Waals surface area contributed by atoms with E-state index in [1.807, 2.05) is 6.92 Å². The van der Waals surface area contributed by atoms with Gasteiger partial charge in [-0.05, 0) is 38.0 Å². The quantitative estimate of drug-likeness (QED) is 0.672. The molecule has 0 radical (unpaired) electrons. The maximum Gasteiger partial charge on any atom is 0.223 e. The van der Waals surface area contributed by atoms with E-state index in [0.29, 0.717) is 12.5 Å². The van der Waals surface area contributed by atoms with Crippen LogP contribution in [-0.2, 0) is 9.59 Å². The van der Waals surface area contributed by atoms with E-state index in [2.05, 4.69) is 19.2 Å². The van der Waals surface area contributed by atoms with E-state index in [1.165, 1.54) is 12.8 Å². The molecular weight excluding hydrogens is 240 g/mol. The molecule has 110 valence electrons. The largest absolute Gasteiger partial charge is 0.369 e. The number of nitrogens with one attached hydrogen (secondary N) is 1. The molecule has 0 spiro atoms. The minimum absolute atomic E-state index is 0.0178. The molecule has 4 nitrogen and oxygen atoms in total. The Labute approximate surface area is 116 Å². The van der Waals surface area contributed by atoms with Gasteiger partial charge in [-0.3, -0.25) is 9.59 Å². The molecule has 1 saturated carbocycles. The Hall–Kier alpha value is -1.06. The molecule has 0 heterocycles. The molecule has 0 aliphatic heterocycles. The molecule has 0 unspecified atom stereocenters. The highest BCUT2D eigenvalue weighted by molar-refractivity contribution is 5.86. The van der Waals surface area contributed by atoms with Crippen LogP contribution < -0.4 is 11.1 Å². The summed E-state index contributed by atoms with van der Waals surface area (Å²) in [6.45, 7) is 6.64. The molecule has 1 aliphatic carbocycles. The fraction of sp³-hybridized carbons (Fsp3) is 0.867. The molecular formula is C15H28N2O2. The molecule has 2 amide bonds. The summed E-state index contributed by atoms with van der Waals surface area (Å²) in [5.74, 6) is 0.227. The number of rotatable bonds is 9. The highest BCUT2D eigenvalue weighted by Gasteiger charge is 2.34. The van der Waals surface area contributed by atoms with Crippen molar-refractivity contribution in [3.8, 4) is 0 Å². The first-order valence-electron chi connectivity index (χ1n) is 7.52. The normalized spacial score (nSPS) is 18.1. The summed E-state index contributed by atoms with van der Waals surface area (Å²) in [5, 5.41) is 2.84. The van der Waals surface area contributed by atoms with Crippen molar-refractivity contribution in [2.24, 2.45) is 29.4 Å². The number of hydrogen-bond acceptors (Lipinski definition) is 2. The lowest BCUT2D eigenvalue weighted by Gasteiger charge is -2.25. The van der Waals surface area contributed by atoms with Gasteiger partial charge in [0.05, 0.1) is 0 Å². The SMILES string of the molecule is CCNC(=O)[C@H](CC(C)C)[C@H](CCC1CC1)C(N)=O. The molecule has 0 bridgehead atoms. The standard InChI is InChI=1S/C15H28N2O2/c1-4-17-15(19)13(9-10(2)3)12(14(16)18)8-7-11-5-6-11/h10-13H,4-9H2,1-3H3,(H2,16,18)(H,17,19)/t12-,13+/m0/s1. The van der Waals surface area contributed by atoms with Crippen molar-refractivity contribution in [3.63, 3.8) is 0 Å². The van der Waals surface area contributed by atoms with Crippen LogP contribution in [0.5, 0.6) is 0 Å². The van der Waals surface area contributed by atoms with E-state index in [9.17, 15) is 9.59 Å². The van der Waals surface area contributed by atoms with Gasteiger partial charge >= 0.3 is 0 Å². The van der Waals surface area contributed by atoms with Gasteiger partial charge in [-0.1, -0.05) is 26.7 Å². The van der Waals surface area contributed by atoms with E-state index in [-0.39, 0.29) is 23.7 Å². The third-order valence-electron chi connectivity index (χ3n) is 3.85. The number of carbonyl (C=O) groups is 2. The van der Waals surface area contributed by atoms with Crippen molar-refractivity contribution >= 4 is 11.8 Å². The second-order valence-corrected chi connectivity index (χ2v) is 6.16. The zero-order valence-corrected chi connectivity index (χ0v) is 12.4. The van der Waals surface area contributed by atoms with E-state index in [0.717, 1.165) is 25.2 Å². The summed E-state index contributed by atoms with van der Waals surface area (Å²) in [6.07, 6.45) is 5.04. The van der Waals surface area contributed by atoms with Crippen molar-refractivity contribution in [3.05, 3.63) is 0 Å². The second kappa shape index (κ2) is 7.51. The molecule has 1 aliphatic rings. The maximum absolute atomic E-state index is 12.2. The Balaban J connectivity index is 2.69. The molecule has 3 N–H and O–H groups in total. The lowest BCUT2D eigenvalue weighted by Crippen LogP contribution is -2.41. The highest BCUT2D eigenvalue weighted by Crippen LogP contribution is 2.36.